The van der Waals surface area contributed by atoms with Gasteiger partial charge in [-0.15, -0.1) is 0 Å². The molecule has 8 nitrogen and oxygen atoms in total. The third-order valence-corrected chi connectivity index (χ3v) is 4.92. The first-order valence-electron chi connectivity index (χ1n) is 9.51. The van der Waals surface area contributed by atoms with Crippen LogP contribution in [0.15, 0.2) is 24.3 Å². The molecule has 2 heterocycles. The van der Waals surface area contributed by atoms with Gasteiger partial charge >= 0.3 is 12.1 Å². The van der Waals surface area contributed by atoms with Gasteiger partial charge in [-0.05, 0) is 32.9 Å². The van der Waals surface area contributed by atoms with Crippen LogP contribution in [0.2, 0.25) is 0 Å². The number of rotatable bonds is 3. The molecular weight excluding hydrogens is 362 g/mol. The fourth-order valence-corrected chi connectivity index (χ4v) is 3.52. The summed E-state index contributed by atoms with van der Waals surface area (Å²) >= 11 is 0. The number of piperazine rings is 1. The Hall–Kier alpha value is -2.77. The van der Waals surface area contributed by atoms with Crippen molar-refractivity contribution in [3.8, 4) is 0 Å². The zero-order chi connectivity index (χ0) is 20.5. The van der Waals surface area contributed by atoms with E-state index in [0.717, 1.165) is 11.4 Å². The number of aliphatic carboxylic acids is 1. The largest absolute Gasteiger partial charge is 0.481 e. The summed E-state index contributed by atoms with van der Waals surface area (Å²) in [5.74, 6) is -1.80. The van der Waals surface area contributed by atoms with Gasteiger partial charge in [-0.2, -0.15) is 0 Å². The highest BCUT2D eigenvalue weighted by atomic mass is 16.6. The quantitative estimate of drug-likeness (QED) is 0.852. The molecule has 1 atom stereocenters. The molecule has 0 bridgehead atoms. The molecular formula is C20H27N3O5. The smallest absolute Gasteiger partial charge is 0.410 e. The third kappa shape index (κ3) is 4.37. The first-order chi connectivity index (χ1) is 13.2. The van der Waals surface area contributed by atoms with E-state index < -0.39 is 17.5 Å². The standard InChI is InChI=1S/C20H27N3O5/c1-20(2,3)28-19(27)22-10-8-21(9-11-22)15-6-4-5-7-16(15)23-13-14(18(25)26)12-17(23)24/h4-7,14H,8-13H2,1-3H3,(H,25,26). The molecule has 0 radical (unpaired) electrons. The second kappa shape index (κ2) is 7.69. The Balaban J connectivity index is 1.70. The number of anilines is 2. The van der Waals surface area contributed by atoms with Crippen molar-refractivity contribution in [2.45, 2.75) is 32.8 Å². The van der Waals surface area contributed by atoms with E-state index in [1.165, 1.54) is 0 Å². The molecule has 2 saturated heterocycles. The van der Waals surface area contributed by atoms with Gasteiger partial charge in [0.1, 0.15) is 5.60 Å². The fourth-order valence-electron chi connectivity index (χ4n) is 3.52. The number of carbonyl (C=O) groups excluding carboxylic acids is 2. The molecule has 8 heteroatoms. The van der Waals surface area contributed by atoms with Crippen LogP contribution in [0, 0.1) is 5.92 Å². The summed E-state index contributed by atoms with van der Waals surface area (Å²) < 4.78 is 5.43. The molecule has 1 unspecified atom stereocenters. The molecule has 152 valence electrons. The number of hydrogen-bond acceptors (Lipinski definition) is 5. The Morgan fingerprint density at radius 3 is 2.21 bits per heavy atom. The van der Waals surface area contributed by atoms with Gasteiger partial charge in [-0.3, -0.25) is 9.59 Å². The summed E-state index contributed by atoms with van der Waals surface area (Å²) in [6.07, 6.45) is -0.296. The van der Waals surface area contributed by atoms with Crippen molar-refractivity contribution >= 4 is 29.3 Å². The minimum Gasteiger partial charge on any atom is -0.481 e. The molecule has 1 aromatic carbocycles. The molecule has 0 aliphatic carbocycles. The maximum atomic E-state index is 12.4. The predicted octanol–water partition coefficient (Wildman–Crippen LogP) is 2.18. The second-order valence-electron chi connectivity index (χ2n) is 8.19. The van der Waals surface area contributed by atoms with Crippen LogP contribution in [-0.2, 0) is 14.3 Å². The lowest BCUT2D eigenvalue weighted by Gasteiger charge is -2.38. The third-order valence-electron chi connectivity index (χ3n) is 4.92. The SMILES string of the molecule is CC(C)(C)OC(=O)N1CCN(c2ccccc2N2CC(C(=O)O)CC2=O)CC1. The maximum absolute atomic E-state index is 12.4. The van der Waals surface area contributed by atoms with Gasteiger partial charge < -0.3 is 24.5 Å². The van der Waals surface area contributed by atoms with E-state index in [1.807, 2.05) is 45.0 Å². The number of carboxylic acid groups (broad SMARTS) is 1. The average molecular weight is 389 g/mol. The number of hydrogen-bond donors (Lipinski definition) is 1. The molecule has 2 amide bonds. The van der Waals surface area contributed by atoms with Crippen LogP contribution in [-0.4, -0.2) is 66.3 Å². The Morgan fingerprint density at radius 2 is 1.68 bits per heavy atom. The number of carboxylic acids is 1. The van der Waals surface area contributed by atoms with Gasteiger partial charge in [0.2, 0.25) is 5.91 Å². The van der Waals surface area contributed by atoms with Crippen molar-refractivity contribution in [2.24, 2.45) is 5.92 Å². The highest BCUT2D eigenvalue weighted by Crippen LogP contribution is 2.34. The van der Waals surface area contributed by atoms with Crippen LogP contribution < -0.4 is 9.80 Å². The second-order valence-corrected chi connectivity index (χ2v) is 8.19. The summed E-state index contributed by atoms with van der Waals surface area (Å²) in [6.45, 7) is 7.98. The summed E-state index contributed by atoms with van der Waals surface area (Å²) in [5, 5.41) is 9.24. The molecule has 28 heavy (non-hydrogen) atoms. The molecule has 0 saturated carbocycles. The highest BCUT2D eigenvalue weighted by Gasteiger charge is 2.36. The zero-order valence-electron chi connectivity index (χ0n) is 16.6. The van der Waals surface area contributed by atoms with E-state index in [-0.39, 0.29) is 25.0 Å². The minimum absolute atomic E-state index is 0.0239. The van der Waals surface area contributed by atoms with E-state index in [1.54, 1.807) is 9.80 Å². The Morgan fingerprint density at radius 1 is 1.07 bits per heavy atom. The van der Waals surface area contributed by atoms with Crippen LogP contribution in [0.4, 0.5) is 16.2 Å². The monoisotopic (exact) mass is 389 g/mol. The van der Waals surface area contributed by atoms with Crippen LogP contribution in [0.5, 0.6) is 0 Å². The minimum atomic E-state index is -0.945. The first kappa shape index (κ1) is 20.0. The number of ether oxygens (including phenoxy) is 1. The summed E-state index contributed by atoms with van der Waals surface area (Å²) in [7, 11) is 0. The van der Waals surface area contributed by atoms with E-state index >= 15 is 0 Å². The normalized spacial score (nSPS) is 20.5. The maximum Gasteiger partial charge on any atom is 0.410 e. The van der Waals surface area contributed by atoms with E-state index in [9.17, 15) is 19.5 Å². The Bertz CT molecular complexity index is 765. The van der Waals surface area contributed by atoms with Crippen molar-refractivity contribution in [3.63, 3.8) is 0 Å². The summed E-state index contributed by atoms with van der Waals surface area (Å²) in [4.78, 5) is 41.3. The van der Waals surface area contributed by atoms with Crippen molar-refractivity contribution in [1.29, 1.82) is 0 Å². The van der Waals surface area contributed by atoms with E-state index in [4.69, 9.17) is 4.74 Å². The van der Waals surface area contributed by atoms with Gasteiger partial charge in [0.15, 0.2) is 0 Å². The van der Waals surface area contributed by atoms with Gasteiger partial charge in [0.05, 0.1) is 17.3 Å². The van der Waals surface area contributed by atoms with Gasteiger partial charge in [-0.25, -0.2) is 4.79 Å². The first-order valence-corrected chi connectivity index (χ1v) is 9.51. The zero-order valence-corrected chi connectivity index (χ0v) is 16.6. The summed E-state index contributed by atoms with van der Waals surface area (Å²) in [6, 6.07) is 7.52. The van der Waals surface area contributed by atoms with E-state index in [0.29, 0.717) is 26.2 Å². The lowest BCUT2D eigenvalue weighted by molar-refractivity contribution is -0.141. The molecule has 2 aliphatic rings. The molecule has 3 rings (SSSR count). The lowest BCUT2D eigenvalue weighted by Crippen LogP contribution is -2.50. The molecule has 1 N–H and O–H groups in total. The van der Waals surface area contributed by atoms with E-state index in [2.05, 4.69) is 4.90 Å². The molecule has 2 aliphatic heterocycles. The van der Waals surface area contributed by atoms with Crippen molar-refractivity contribution in [1.82, 2.24) is 4.90 Å². The number of nitrogens with zero attached hydrogens (tertiary/aromatic N) is 3. The van der Waals surface area contributed by atoms with Gasteiger partial charge in [0.25, 0.3) is 0 Å². The van der Waals surface area contributed by atoms with Crippen LogP contribution in [0.1, 0.15) is 27.2 Å². The summed E-state index contributed by atoms with van der Waals surface area (Å²) in [5.41, 5.74) is 1.07. The molecule has 0 spiro atoms. The van der Waals surface area contributed by atoms with Crippen molar-refractivity contribution in [2.75, 3.05) is 42.5 Å². The van der Waals surface area contributed by atoms with Gasteiger partial charge in [0, 0.05) is 39.1 Å². The number of carbonyl (C=O) groups is 3. The Labute approximate surface area is 164 Å². The Kier molecular flexibility index (Phi) is 5.49. The van der Waals surface area contributed by atoms with Crippen LogP contribution >= 0.6 is 0 Å². The molecule has 0 aromatic heterocycles. The van der Waals surface area contributed by atoms with Crippen molar-refractivity contribution in [3.05, 3.63) is 24.3 Å². The molecule has 2 fully saturated rings. The molecule has 1 aromatic rings. The van der Waals surface area contributed by atoms with Crippen LogP contribution in [0.3, 0.4) is 0 Å². The predicted molar refractivity (Wildman–Crippen MR) is 105 cm³/mol. The lowest BCUT2D eigenvalue weighted by atomic mass is 10.1. The van der Waals surface area contributed by atoms with Crippen molar-refractivity contribution < 1.29 is 24.2 Å². The topological polar surface area (TPSA) is 90.4 Å². The number of benzene rings is 1. The van der Waals surface area contributed by atoms with Gasteiger partial charge in [-0.1, -0.05) is 12.1 Å². The average Bonchev–Trinajstić information content (AvgIpc) is 3.02. The number of para-hydroxylation sites is 2. The van der Waals surface area contributed by atoms with Crippen LogP contribution in [0.25, 0.3) is 0 Å². The highest BCUT2D eigenvalue weighted by molar-refractivity contribution is 6.01. The fraction of sp³-hybridized carbons (Fsp3) is 0.550. The number of amides is 2.